The lowest BCUT2D eigenvalue weighted by molar-refractivity contribution is 0.632. The Labute approximate surface area is 251 Å². The Hall–Kier alpha value is -5.48. The van der Waals surface area contributed by atoms with Crippen LogP contribution in [0.1, 0.15) is 25.0 Å². The van der Waals surface area contributed by atoms with Crippen LogP contribution in [0.4, 0.5) is 17.1 Å². The van der Waals surface area contributed by atoms with Gasteiger partial charge in [-0.2, -0.15) is 4.80 Å². The van der Waals surface area contributed by atoms with Gasteiger partial charge in [0.2, 0.25) is 0 Å². The maximum atomic E-state index is 4.69. The van der Waals surface area contributed by atoms with Crippen molar-refractivity contribution < 1.29 is 0 Å². The van der Waals surface area contributed by atoms with Crippen LogP contribution in [0.2, 0.25) is 0 Å². The highest BCUT2D eigenvalue weighted by Crippen LogP contribution is 2.53. The molecule has 1 aliphatic rings. The predicted molar refractivity (Wildman–Crippen MR) is 177 cm³/mol. The van der Waals surface area contributed by atoms with Gasteiger partial charge in [0, 0.05) is 11.1 Å². The van der Waals surface area contributed by atoms with Crippen LogP contribution >= 0.6 is 0 Å². The summed E-state index contributed by atoms with van der Waals surface area (Å²) in [5.41, 5.74) is 13.5. The molecule has 1 aromatic heterocycles. The van der Waals surface area contributed by atoms with Crippen molar-refractivity contribution in [1.29, 1.82) is 0 Å². The van der Waals surface area contributed by atoms with E-state index in [0.717, 1.165) is 22.4 Å². The Kier molecular flexibility index (Phi) is 5.76. The Balaban J connectivity index is 1.29. The minimum Gasteiger partial charge on any atom is -0.310 e. The Morgan fingerprint density at radius 2 is 0.884 bits per heavy atom. The fourth-order valence-corrected chi connectivity index (χ4v) is 6.35. The lowest BCUT2D eigenvalue weighted by Gasteiger charge is -2.42. The first kappa shape index (κ1) is 25.2. The fraction of sp³-hybridized carbons (Fsp3) is 0.0769. The van der Waals surface area contributed by atoms with Gasteiger partial charge in [0.05, 0.1) is 17.1 Å². The van der Waals surface area contributed by atoms with E-state index in [4.69, 9.17) is 0 Å². The summed E-state index contributed by atoms with van der Waals surface area (Å²) in [5.74, 6) is 0. The average molecular weight is 555 g/mol. The van der Waals surface area contributed by atoms with E-state index in [0.29, 0.717) is 0 Å². The topological polar surface area (TPSA) is 34.0 Å². The second-order valence-corrected chi connectivity index (χ2v) is 11.7. The number of nitrogens with zero attached hydrogens (tertiary/aromatic N) is 4. The second kappa shape index (κ2) is 9.81. The highest BCUT2D eigenvalue weighted by Gasteiger charge is 2.37. The molecule has 206 valence electrons. The van der Waals surface area contributed by atoms with Crippen molar-refractivity contribution in [2.24, 2.45) is 0 Å². The largest absolute Gasteiger partial charge is 0.310 e. The highest BCUT2D eigenvalue weighted by atomic mass is 15.5. The lowest BCUT2D eigenvalue weighted by atomic mass is 9.72. The van der Waals surface area contributed by atoms with Crippen LogP contribution in [-0.2, 0) is 5.41 Å². The van der Waals surface area contributed by atoms with Gasteiger partial charge in [-0.1, -0.05) is 98.8 Å². The summed E-state index contributed by atoms with van der Waals surface area (Å²) >= 11 is 0. The van der Waals surface area contributed by atoms with Crippen LogP contribution in [0.25, 0.3) is 39.0 Å². The average Bonchev–Trinajstić information content (AvgIpc) is 3.50. The number of benzene rings is 6. The summed E-state index contributed by atoms with van der Waals surface area (Å²) in [6, 6.07) is 51.6. The summed E-state index contributed by atoms with van der Waals surface area (Å²) in [5, 5.41) is 9.37. The van der Waals surface area contributed by atoms with Gasteiger partial charge >= 0.3 is 0 Å². The molecular formula is C39H30N4. The van der Waals surface area contributed by atoms with Crippen molar-refractivity contribution in [1.82, 2.24) is 15.0 Å². The van der Waals surface area contributed by atoms with Crippen LogP contribution < -0.4 is 4.90 Å². The molecule has 0 atom stereocenters. The first-order chi connectivity index (χ1) is 21.1. The molecule has 0 fully saturated rings. The van der Waals surface area contributed by atoms with Gasteiger partial charge in [-0.25, -0.2) is 0 Å². The third-order valence-electron chi connectivity index (χ3n) is 8.66. The first-order valence-corrected chi connectivity index (χ1v) is 14.7. The van der Waals surface area contributed by atoms with Gasteiger partial charge in [-0.15, -0.1) is 10.2 Å². The number of anilines is 3. The molecule has 0 radical (unpaired) electrons. The van der Waals surface area contributed by atoms with Crippen molar-refractivity contribution in [3.05, 3.63) is 157 Å². The number of rotatable bonds is 4. The number of fused-ring (bicyclic) bond motifs is 3. The van der Waals surface area contributed by atoms with E-state index in [2.05, 4.69) is 150 Å². The zero-order chi connectivity index (χ0) is 29.0. The standard InChI is InChI=1S/C39H30N4/c1-39(2)33-25-29(27-11-5-3-6-12-27)17-23-37(33)42(38-24-18-30(26-34(38)39)28-13-7-4-8-14-28)31-19-21-32(22-20-31)43-40-35-15-9-10-16-36(35)41-43/h3-26H,1-2H3. The molecular weight excluding hydrogens is 524 g/mol. The first-order valence-electron chi connectivity index (χ1n) is 14.7. The van der Waals surface area contributed by atoms with Crippen molar-refractivity contribution >= 4 is 28.1 Å². The molecule has 4 heteroatoms. The van der Waals surface area contributed by atoms with Crippen molar-refractivity contribution in [2.75, 3.05) is 4.90 Å². The molecule has 0 saturated heterocycles. The van der Waals surface area contributed by atoms with Gasteiger partial charge < -0.3 is 4.90 Å². The molecule has 0 saturated carbocycles. The maximum absolute atomic E-state index is 4.69. The molecule has 0 spiro atoms. The van der Waals surface area contributed by atoms with E-state index in [1.807, 2.05) is 24.3 Å². The SMILES string of the molecule is CC1(C)c2cc(-c3ccccc3)ccc2N(c2ccc(-n3nc4ccccc4n3)cc2)c2ccc(-c3ccccc3)cc21. The molecule has 2 heterocycles. The summed E-state index contributed by atoms with van der Waals surface area (Å²) in [6.45, 7) is 4.70. The molecule has 8 rings (SSSR count). The van der Waals surface area contributed by atoms with Gasteiger partial charge in [-0.3, -0.25) is 0 Å². The minimum atomic E-state index is -0.213. The number of aromatic nitrogens is 3. The highest BCUT2D eigenvalue weighted by molar-refractivity contribution is 5.89. The number of hydrogen-bond donors (Lipinski definition) is 0. The van der Waals surface area contributed by atoms with E-state index in [1.165, 1.54) is 44.8 Å². The van der Waals surface area contributed by atoms with Crippen molar-refractivity contribution in [3.63, 3.8) is 0 Å². The van der Waals surface area contributed by atoms with E-state index in [1.54, 1.807) is 4.80 Å². The second-order valence-electron chi connectivity index (χ2n) is 11.7. The maximum Gasteiger partial charge on any atom is 0.113 e. The van der Waals surface area contributed by atoms with Crippen molar-refractivity contribution in [3.8, 4) is 27.9 Å². The zero-order valence-electron chi connectivity index (χ0n) is 24.1. The van der Waals surface area contributed by atoms with E-state index < -0.39 is 0 Å². The Morgan fingerprint density at radius 3 is 1.37 bits per heavy atom. The van der Waals surface area contributed by atoms with Crippen molar-refractivity contribution in [2.45, 2.75) is 19.3 Å². The zero-order valence-corrected chi connectivity index (χ0v) is 24.1. The molecule has 43 heavy (non-hydrogen) atoms. The summed E-state index contributed by atoms with van der Waals surface area (Å²) in [6.07, 6.45) is 0. The normalized spacial score (nSPS) is 13.5. The minimum absolute atomic E-state index is 0.213. The molecule has 0 unspecified atom stereocenters. The third-order valence-corrected chi connectivity index (χ3v) is 8.66. The van der Waals surface area contributed by atoms with Crippen LogP contribution in [0, 0.1) is 0 Å². The molecule has 7 aromatic rings. The van der Waals surface area contributed by atoms with Crippen LogP contribution in [0.15, 0.2) is 146 Å². The summed E-state index contributed by atoms with van der Waals surface area (Å²) < 4.78 is 0. The van der Waals surface area contributed by atoms with Crippen LogP contribution in [-0.4, -0.2) is 15.0 Å². The third kappa shape index (κ3) is 4.22. The quantitative estimate of drug-likeness (QED) is 0.217. The molecule has 0 amide bonds. The van der Waals surface area contributed by atoms with Gasteiger partial charge in [0.15, 0.2) is 0 Å². The van der Waals surface area contributed by atoms with Crippen LogP contribution in [0.3, 0.4) is 0 Å². The predicted octanol–water partition coefficient (Wildman–Crippen LogP) is 9.86. The van der Waals surface area contributed by atoms with Crippen LogP contribution in [0.5, 0.6) is 0 Å². The molecule has 1 aliphatic heterocycles. The van der Waals surface area contributed by atoms with Gasteiger partial charge in [-0.05, 0) is 94.0 Å². The smallest absolute Gasteiger partial charge is 0.113 e. The molecule has 0 N–H and O–H groups in total. The monoisotopic (exact) mass is 554 g/mol. The molecule has 6 aromatic carbocycles. The Bertz CT molecular complexity index is 1970. The molecule has 4 nitrogen and oxygen atoms in total. The van der Waals surface area contributed by atoms with E-state index in [-0.39, 0.29) is 5.41 Å². The number of hydrogen-bond acceptors (Lipinski definition) is 3. The van der Waals surface area contributed by atoms with E-state index >= 15 is 0 Å². The molecule has 0 bridgehead atoms. The molecule has 0 aliphatic carbocycles. The lowest BCUT2D eigenvalue weighted by Crippen LogP contribution is -2.30. The van der Waals surface area contributed by atoms with E-state index in [9.17, 15) is 0 Å². The van der Waals surface area contributed by atoms with Gasteiger partial charge in [0.1, 0.15) is 11.0 Å². The Morgan fingerprint density at radius 1 is 0.442 bits per heavy atom. The summed E-state index contributed by atoms with van der Waals surface area (Å²) in [7, 11) is 0. The fourth-order valence-electron chi connectivity index (χ4n) is 6.35. The van der Waals surface area contributed by atoms with Gasteiger partial charge in [0.25, 0.3) is 0 Å². The summed E-state index contributed by atoms with van der Waals surface area (Å²) in [4.78, 5) is 4.12.